The van der Waals surface area contributed by atoms with Crippen molar-refractivity contribution < 1.29 is 0 Å². The number of anilines is 1. The molecule has 0 saturated heterocycles. The monoisotopic (exact) mass is 379 g/mol. The Labute approximate surface area is 163 Å². The third-order valence-corrected chi connectivity index (χ3v) is 8.27. The molecule has 3 aromatic rings. The summed E-state index contributed by atoms with van der Waals surface area (Å²) >= 11 is 1.78. The number of benzene rings is 1. The predicted molar refractivity (Wildman–Crippen MR) is 108 cm³/mol. The van der Waals surface area contributed by atoms with Crippen LogP contribution in [0, 0.1) is 17.8 Å². The first-order chi connectivity index (χ1) is 13.1. The molecule has 4 aliphatic rings. The topological polar surface area (TPSA) is 46.3 Å². The smallest absolute Gasteiger partial charge is 0.234 e. The van der Waals surface area contributed by atoms with E-state index in [-0.39, 0.29) is 0 Å². The van der Waals surface area contributed by atoms with Crippen molar-refractivity contribution in [2.24, 2.45) is 17.8 Å². The van der Waals surface area contributed by atoms with Crippen molar-refractivity contribution in [3.05, 3.63) is 29.3 Å². The summed E-state index contributed by atoms with van der Waals surface area (Å²) in [6, 6.07) is 8.50. The Morgan fingerprint density at radius 2 is 1.59 bits per heavy atom. The third-order valence-electron chi connectivity index (χ3n) is 7.12. The molecular formula is C21H25N5S. The molecule has 140 valence electrons. The van der Waals surface area contributed by atoms with Crippen molar-refractivity contribution in [1.29, 1.82) is 0 Å². The van der Waals surface area contributed by atoms with Gasteiger partial charge >= 0.3 is 0 Å². The lowest BCUT2D eigenvalue weighted by Gasteiger charge is -2.55. The van der Waals surface area contributed by atoms with E-state index in [1.54, 1.807) is 11.3 Å². The Morgan fingerprint density at radius 1 is 0.963 bits per heavy atom. The minimum atomic E-state index is 0.326. The summed E-state index contributed by atoms with van der Waals surface area (Å²) in [7, 11) is 4.12. The Bertz CT molecular complexity index is 964. The molecule has 0 unspecified atom stereocenters. The second-order valence-corrected chi connectivity index (χ2v) is 10.2. The van der Waals surface area contributed by atoms with Crippen LogP contribution < -0.4 is 4.90 Å². The van der Waals surface area contributed by atoms with Crippen molar-refractivity contribution >= 4 is 22.0 Å². The van der Waals surface area contributed by atoms with Crippen LogP contribution in [0.1, 0.15) is 43.5 Å². The van der Waals surface area contributed by atoms with Gasteiger partial charge in [-0.1, -0.05) is 11.3 Å². The number of hydrogen-bond donors (Lipinski definition) is 0. The summed E-state index contributed by atoms with van der Waals surface area (Å²) in [6.45, 7) is 0. The van der Waals surface area contributed by atoms with E-state index in [1.807, 2.05) is 4.52 Å². The Hall–Kier alpha value is -1.95. The van der Waals surface area contributed by atoms with Gasteiger partial charge in [0.25, 0.3) is 0 Å². The number of nitrogens with zero attached hydrogens (tertiary/aromatic N) is 5. The lowest BCUT2D eigenvalue weighted by atomic mass is 9.50. The second kappa shape index (κ2) is 5.53. The van der Waals surface area contributed by atoms with E-state index in [9.17, 15) is 0 Å². The maximum atomic E-state index is 5.10. The number of rotatable bonds is 3. The van der Waals surface area contributed by atoms with Gasteiger partial charge in [0.15, 0.2) is 5.82 Å². The maximum Gasteiger partial charge on any atom is 0.234 e. The average Bonchev–Trinajstić information content (AvgIpc) is 3.22. The Morgan fingerprint density at radius 3 is 2.19 bits per heavy atom. The molecule has 4 fully saturated rings. The van der Waals surface area contributed by atoms with Gasteiger partial charge in [-0.25, -0.2) is 0 Å². The van der Waals surface area contributed by atoms with E-state index in [4.69, 9.17) is 5.10 Å². The van der Waals surface area contributed by atoms with E-state index in [0.717, 1.165) is 34.1 Å². The SMILES string of the molecule is CN(C)c1ccc(-c2nnc3sc(C45CC6CC(CC(C6)C4)C5)nn23)cc1. The zero-order chi connectivity index (χ0) is 18.2. The van der Waals surface area contributed by atoms with Gasteiger partial charge in [0.05, 0.1) is 0 Å². The van der Waals surface area contributed by atoms with Gasteiger partial charge in [0.2, 0.25) is 4.96 Å². The molecule has 0 radical (unpaired) electrons. The molecule has 4 aliphatic carbocycles. The molecule has 0 amide bonds. The minimum absolute atomic E-state index is 0.326. The van der Waals surface area contributed by atoms with E-state index in [0.29, 0.717) is 5.41 Å². The van der Waals surface area contributed by atoms with Crippen LogP contribution >= 0.6 is 11.3 Å². The van der Waals surface area contributed by atoms with Crippen LogP contribution in [-0.4, -0.2) is 33.9 Å². The molecule has 7 rings (SSSR count). The quantitative estimate of drug-likeness (QED) is 0.677. The van der Waals surface area contributed by atoms with Gasteiger partial charge in [-0.05, 0) is 80.5 Å². The predicted octanol–water partition coefficient (Wildman–Crippen LogP) is 4.39. The van der Waals surface area contributed by atoms with E-state index in [1.165, 1.54) is 49.2 Å². The van der Waals surface area contributed by atoms with Crippen molar-refractivity contribution in [3.63, 3.8) is 0 Å². The highest BCUT2D eigenvalue weighted by molar-refractivity contribution is 7.16. The molecule has 0 spiro atoms. The minimum Gasteiger partial charge on any atom is -0.378 e. The van der Waals surface area contributed by atoms with Crippen LogP contribution in [0.4, 0.5) is 5.69 Å². The highest BCUT2D eigenvalue weighted by atomic mass is 32.1. The summed E-state index contributed by atoms with van der Waals surface area (Å²) in [5, 5.41) is 15.3. The van der Waals surface area contributed by atoms with Crippen LogP contribution in [0.5, 0.6) is 0 Å². The first kappa shape index (κ1) is 16.0. The van der Waals surface area contributed by atoms with Gasteiger partial charge in [-0.3, -0.25) is 0 Å². The van der Waals surface area contributed by atoms with E-state index in [2.05, 4.69) is 53.5 Å². The molecule has 2 heterocycles. The van der Waals surface area contributed by atoms with Crippen LogP contribution in [-0.2, 0) is 5.41 Å². The van der Waals surface area contributed by atoms with Crippen molar-refractivity contribution in [3.8, 4) is 11.4 Å². The van der Waals surface area contributed by atoms with Crippen LogP contribution in [0.15, 0.2) is 24.3 Å². The summed E-state index contributed by atoms with van der Waals surface area (Å²) in [5.74, 6) is 3.67. The van der Waals surface area contributed by atoms with E-state index < -0.39 is 0 Å². The van der Waals surface area contributed by atoms with Gasteiger partial charge in [-0.15, -0.1) is 10.2 Å². The summed E-state index contributed by atoms with van der Waals surface area (Å²) < 4.78 is 1.99. The molecule has 1 aromatic carbocycles. The fourth-order valence-electron chi connectivity index (χ4n) is 6.29. The van der Waals surface area contributed by atoms with Crippen LogP contribution in [0.3, 0.4) is 0 Å². The molecule has 0 atom stereocenters. The highest BCUT2D eigenvalue weighted by Crippen LogP contribution is 2.61. The van der Waals surface area contributed by atoms with Gasteiger partial charge in [0.1, 0.15) is 5.01 Å². The zero-order valence-electron chi connectivity index (χ0n) is 15.9. The molecule has 2 aromatic heterocycles. The summed E-state index contributed by atoms with van der Waals surface area (Å²) in [4.78, 5) is 3.05. The van der Waals surface area contributed by atoms with Crippen molar-refractivity contribution in [1.82, 2.24) is 19.8 Å². The first-order valence-electron chi connectivity index (χ1n) is 10.1. The number of aromatic nitrogens is 4. The average molecular weight is 380 g/mol. The van der Waals surface area contributed by atoms with Crippen molar-refractivity contribution in [2.45, 2.75) is 43.9 Å². The summed E-state index contributed by atoms with van der Waals surface area (Å²) in [5.41, 5.74) is 2.59. The van der Waals surface area contributed by atoms with Crippen molar-refractivity contribution in [2.75, 3.05) is 19.0 Å². The molecular weight excluding hydrogens is 354 g/mol. The molecule has 4 saturated carbocycles. The zero-order valence-corrected chi connectivity index (χ0v) is 16.7. The second-order valence-electron chi connectivity index (χ2n) is 9.26. The lowest BCUT2D eigenvalue weighted by Crippen LogP contribution is -2.48. The fourth-order valence-corrected chi connectivity index (χ4v) is 7.35. The maximum absolute atomic E-state index is 5.10. The van der Waals surface area contributed by atoms with Gasteiger partial charge < -0.3 is 4.90 Å². The number of hydrogen-bond acceptors (Lipinski definition) is 5. The van der Waals surface area contributed by atoms with Gasteiger partial charge in [-0.2, -0.15) is 9.61 Å². The molecule has 27 heavy (non-hydrogen) atoms. The summed E-state index contributed by atoms with van der Waals surface area (Å²) in [6.07, 6.45) is 8.42. The molecule has 6 heteroatoms. The standard InChI is InChI=1S/C21H25N5S/c1-25(2)17-5-3-16(4-6-17)18-22-23-20-26(18)24-19(27-20)21-10-13-7-14(11-21)9-15(8-13)12-21/h3-6,13-15H,7-12H2,1-2H3. The normalized spacial score (nSPS) is 31.7. The highest BCUT2D eigenvalue weighted by Gasteiger charge is 2.53. The molecule has 5 nitrogen and oxygen atoms in total. The Balaban J connectivity index is 1.40. The fraction of sp³-hybridized carbons (Fsp3) is 0.571. The van der Waals surface area contributed by atoms with Gasteiger partial charge in [0, 0.05) is 30.8 Å². The lowest BCUT2D eigenvalue weighted by molar-refractivity contribution is -0.00565. The third kappa shape index (κ3) is 2.38. The largest absolute Gasteiger partial charge is 0.378 e. The Kier molecular flexibility index (Phi) is 3.29. The van der Waals surface area contributed by atoms with Crippen LogP contribution in [0.25, 0.3) is 16.3 Å². The number of fused-ring (bicyclic) bond motifs is 1. The molecule has 0 aliphatic heterocycles. The van der Waals surface area contributed by atoms with Crippen LogP contribution in [0.2, 0.25) is 0 Å². The van der Waals surface area contributed by atoms with E-state index >= 15 is 0 Å². The molecule has 4 bridgehead atoms. The first-order valence-corrected chi connectivity index (χ1v) is 10.9. The molecule has 0 N–H and O–H groups in total.